The van der Waals surface area contributed by atoms with Crippen LogP contribution in [0, 0.1) is 17.7 Å². The van der Waals surface area contributed by atoms with Crippen molar-refractivity contribution in [2.45, 2.75) is 96.7 Å². The van der Waals surface area contributed by atoms with Gasteiger partial charge in [0.25, 0.3) is 5.91 Å². The summed E-state index contributed by atoms with van der Waals surface area (Å²) in [5, 5.41) is 13.2. The van der Waals surface area contributed by atoms with Gasteiger partial charge in [-0.05, 0) is 53.4 Å². The van der Waals surface area contributed by atoms with Crippen LogP contribution < -0.4 is 10.6 Å². The van der Waals surface area contributed by atoms with E-state index in [1.54, 1.807) is 43.4 Å². The molecular formula is C34H44FN7O5. The summed E-state index contributed by atoms with van der Waals surface area (Å²) in [6.45, 7) is 8.46. The molecule has 5 rings (SSSR count). The van der Waals surface area contributed by atoms with Gasteiger partial charge in [0, 0.05) is 44.2 Å². The third-order valence-corrected chi connectivity index (χ3v) is 9.76. The fourth-order valence-corrected chi connectivity index (χ4v) is 6.56. The van der Waals surface area contributed by atoms with Crippen LogP contribution in [-0.2, 0) is 27.2 Å². The van der Waals surface area contributed by atoms with Crippen LogP contribution in [0.2, 0.25) is 0 Å². The van der Waals surface area contributed by atoms with Crippen molar-refractivity contribution < 1.29 is 28.2 Å². The fraction of sp³-hybridized carbons (Fsp3) is 0.559. The van der Waals surface area contributed by atoms with Gasteiger partial charge in [-0.2, -0.15) is 0 Å². The molecule has 1 aliphatic heterocycles. The Morgan fingerprint density at radius 1 is 1.06 bits per heavy atom. The Kier molecular flexibility index (Phi) is 10.8. The molecule has 0 radical (unpaired) electrons. The maximum absolute atomic E-state index is 15.7. The van der Waals surface area contributed by atoms with Crippen LogP contribution in [0.15, 0.2) is 41.5 Å². The minimum atomic E-state index is -0.884. The third-order valence-electron chi connectivity index (χ3n) is 9.76. The summed E-state index contributed by atoms with van der Waals surface area (Å²) in [6.07, 6.45) is 9.10. The predicted octanol–water partition coefficient (Wildman–Crippen LogP) is 3.79. The number of carbonyl (C=O) groups excluding carboxylic acids is 4. The van der Waals surface area contributed by atoms with Gasteiger partial charge in [0.2, 0.25) is 11.8 Å². The Bertz CT molecular complexity index is 1560. The zero-order valence-electron chi connectivity index (χ0n) is 27.4. The molecule has 0 spiro atoms. The molecule has 12 nitrogen and oxygen atoms in total. The van der Waals surface area contributed by atoms with E-state index in [-0.39, 0.29) is 53.7 Å². The highest BCUT2D eigenvalue weighted by Crippen LogP contribution is 2.32. The summed E-state index contributed by atoms with van der Waals surface area (Å²) in [4.78, 5) is 58.7. The van der Waals surface area contributed by atoms with Gasteiger partial charge in [-0.1, -0.05) is 57.8 Å². The molecule has 3 heterocycles. The summed E-state index contributed by atoms with van der Waals surface area (Å²) in [5.74, 6) is -2.01. The lowest BCUT2D eigenvalue weighted by Gasteiger charge is -2.42. The molecule has 13 heteroatoms. The van der Waals surface area contributed by atoms with Crippen LogP contribution in [-0.4, -0.2) is 73.4 Å². The number of aromatic nitrogens is 4. The van der Waals surface area contributed by atoms with E-state index in [4.69, 9.17) is 4.63 Å². The highest BCUT2D eigenvalue weighted by Gasteiger charge is 2.39. The van der Waals surface area contributed by atoms with Crippen molar-refractivity contribution in [3.63, 3.8) is 0 Å². The number of ketones is 1. The SMILES string of the molecule is CCC(=O)N[C@@H](C(=O)N1CC(n2ccnc2)C1)[C@@H](C)c1ccc(CC(=O)[C@@H](NC(=O)c2nonc2CC)C2CCC(C)CC2)c(F)c1. The number of hydrogen-bond donors (Lipinski definition) is 2. The van der Waals surface area contributed by atoms with Crippen molar-refractivity contribution in [1.29, 1.82) is 0 Å². The standard InChI is InChI=1S/C34H44FN7O5/c1-5-27-32(40-47-39-27)33(45)38-31(22-9-7-20(3)8-10-22)28(43)16-24-12-11-23(15-26(24)35)21(4)30(37-29(44)6-2)34(46)42-17-25(18-42)41-14-13-36-19-41/h11-15,19-22,25,30-31H,5-10,16-18H2,1-4H3,(H,37,44)(H,38,45)/t20?,21-,22?,30+,31-/m0/s1. The number of amides is 3. The second-order valence-corrected chi connectivity index (χ2v) is 13.0. The lowest BCUT2D eigenvalue weighted by atomic mass is 9.77. The Morgan fingerprint density at radius 3 is 2.45 bits per heavy atom. The molecule has 3 aromatic rings. The van der Waals surface area contributed by atoms with Crippen molar-refractivity contribution in [2.75, 3.05) is 13.1 Å². The lowest BCUT2D eigenvalue weighted by molar-refractivity contribution is -0.142. The molecule has 2 aromatic heterocycles. The van der Waals surface area contributed by atoms with Crippen LogP contribution >= 0.6 is 0 Å². The smallest absolute Gasteiger partial charge is 0.276 e. The lowest BCUT2D eigenvalue weighted by Crippen LogP contribution is -2.58. The first kappa shape index (κ1) is 33.9. The van der Waals surface area contributed by atoms with Gasteiger partial charge >= 0.3 is 0 Å². The topological polar surface area (TPSA) is 152 Å². The molecule has 1 saturated heterocycles. The molecule has 2 N–H and O–H groups in total. The van der Waals surface area contributed by atoms with Crippen LogP contribution in [0.4, 0.5) is 4.39 Å². The van der Waals surface area contributed by atoms with E-state index in [0.29, 0.717) is 36.7 Å². The number of halogens is 1. The maximum Gasteiger partial charge on any atom is 0.276 e. The number of nitrogens with one attached hydrogen (secondary N) is 2. The molecular weight excluding hydrogens is 605 g/mol. The molecule has 2 aliphatic rings. The van der Waals surface area contributed by atoms with E-state index < -0.39 is 29.7 Å². The fourth-order valence-electron chi connectivity index (χ4n) is 6.56. The van der Waals surface area contributed by atoms with Crippen LogP contribution in [0.1, 0.15) is 99.1 Å². The van der Waals surface area contributed by atoms with Crippen molar-refractivity contribution in [2.24, 2.45) is 11.8 Å². The molecule has 0 unspecified atom stereocenters. The number of rotatable bonds is 13. The number of aryl methyl sites for hydroxylation is 1. The Morgan fingerprint density at radius 2 is 1.81 bits per heavy atom. The number of nitrogens with zero attached hydrogens (tertiary/aromatic N) is 5. The minimum absolute atomic E-state index is 0.0498. The molecule has 1 aliphatic carbocycles. The van der Waals surface area contributed by atoms with Gasteiger partial charge in [0.15, 0.2) is 11.5 Å². The first-order valence-corrected chi connectivity index (χ1v) is 16.6. The number of likely N-dealkylation sites (tertiary alicyclic amines) is 1. The average Bonchev–Trinajstić information content (AvgIpc) is 3.75. The van der Waals surface area contributed by atoms with E-state index in [2.05, 4.69) is 32.9 Å². The summed E-state index contributed by atoms with van der Waals surface area (Å²) < 4.78 is 22.4. The Hall–Kier alpha value is -4.42. The molecule has 3 amide bonds. The van der Waals surface area contributed by atoms with Crippen LogP contribution in [0.3, 0.4) is 0 Å². The quantitative estimate of drug-likeness (QED) is 0.284. The number of hydrogen-bond acceptors (Lipinski definition) is 8. The normalized spacial score (nSPS) is 20.1. The minimum Gasteiger partial charge on any atom is -0.344 e. The number of carbonyl (C=O) groups is 4. The summed E-state index contributed by atoms with van der Waals surface area (Å²) in [5.41, 5.74) is 1.17. The van der Waals surface area contributed by atoms with Crippen molar-refractivity contribution in [3.8, 4) is 0 Å². The van der Waals surface area contributed by atoms with Gasteiger partial charge in [0.1, 0.15) is 17.6 Å². The summed E-state index contributed by atoms with van der Waals surface area (Å²) >= 11 is 0. The summed E-state index contributed by atoms with van der Waals surface area (Å²) in [6, 6.07) is 3.00. The molecule has 47 heavy (non-hydrogen) atoms. The number of imidazole rings is 1. The van der Waals surface area contributed by atoms with E-state index in [1.165, 1.54) is 6.07 Å². The largest absolute Gasteiger partial charge is 0.344 e. The zero-order chi connectivity index (χ0) is 33.7. The van der Waals surface area contributed by atoms with E-state index in [9.17, 15) is 19.2 Å². The molecule has 1 aromatic carbocycles. The molecule has 0 bridgehead atoms. The van der Waals surface area contributed by atoms with Gasteiger partial charge < -0.3 is 20.1 Å². The molecule has 252 valence electrons. The van der Waals surface area contributed by atoms with Gasteiger partial charge in [-0.3, -0.25) is 19.2 Å². The van der Waals surface area contributed by atoms with Gasteiger partial charge in [-0.15, -0.1) is 0 Å². The number of Topliss-reactive ketones (excluding diaryl/α,β-unsaturated/α-hetero) is 1. The average molecular weight is 650 g/mol. The van der Waals surface area contributed by atoms with Crippen molar-refractivity contribution >= 4 is 23.5 Å². The number of benzene rings is 1. The monoisotopic (exact) mass is 649 g/mol. The summed E-state index contributed by atoms with van der Waals surface area (Å²) in [7, 11) is 0. The highest BCUT2D eigenvalue weighted by molar-refractivity contribution is 5.97. The van der Waals surface area contributed by atoms with Gasteiger partial charge in [-0.25, -0.2) is 14.0 Å². The van der Waals surface area contributed by atoms with Crippen LogP contribution in [0.5, 0.6) is 0 Å². The maximum atomic E-state index is 15.7. The van der Waals surface area contributed by atoms with E-state index in [1.807, 2.05) is 17.7 Å². The van der Waals surface area contributed by atoms with Crippen molar-refractivity contribution in [1.82, 2.24) is 35.4 Å². The molecule has 2 fully saturated rings. The molecule has 3 atom stereocenters. The van der Waals surface area contributed by atoms with Gasteiger partial charge in [0.05, 0.1) is 18.4 Å². The Labute approximate surface area is 273 Å². The first-order valence-electron chi connectivity index (χ1n) is 16.6. The Balaban J connectivity index is 1.30. The second-order valence-electron chi connectivity index (χ2n) is 13.0. The van der Waals surface area contributed by atoms with E-state index in [0.717, 1.165) is 25.7 Å². The zero-order valence-corrected chi connectivity index (χ0v) is 27.4. The third kappa shape index (κ3) is 7.77. The molecule has 1 saturated carbocycles. The predicted molar refractivity (Wildman–Crippen MR) is 170 cm³/mol. The second kappa shape index (κ2) is 15.0. The van der Waals surface area contributed by atoms with Crippen molar-refractivity contribution in [3.05, 3.63) is 65.3 Å². The van der Waals surface area contributed by atoms with Crippen LogP contribution in [0.25, 0.3) is 0 Å². The highest BCUT2D eigenvalue weighted by atomic mass is 19.1. The first-order chi connectivity index (χ1) is 22.6. The van der Waals surface area contributed by atoms with E-state index >= 15 is 4.39 Å².